The Bertz CT molecular complexity index is 566. The Balaban J connectivity index is 2.06. The van der Waals surface area contributed by atoms with Crippen molar-refractivity contribution in [2.24, 2.45) is 0 Å². The first-order valence-electron chi connectivity index (χ1n) is 6.45. The average Bonchev–Trinajstić information content (AvgIpc) is 2.43. The van der Waals surface area contributed by atoms with Crippen LogP contribution in [-0.4, -0.2) is 12.2 Å². The highest BCUT2D eigenvalue weighted by Crippen LogP contribution is 2.24. The predicted octanol–water partition coefficient (Wildman–Crippen LogP) is 3.39. The maximum Gasteiger partial charge on any atom is 0.127 e. The van der Waals surface area contributed by atoms with Gasteiger partial charge >= 0.3 is 0 Å². The van der Waals surface area contributed by atoms with Crippen molar-refractivity contribution < 1.29 is 14.2 Å². The Morgan fingerprint density at radius 3 is 2.70 bits per heavy atom. The van der Waals surface area contributed by atoms with Gasteiger partial charge in [-0.3, -0.25) is 0 Å². The van der Waals surface area contributed by atoms with E-state index in [1.165, 1.54) is 6.07 Å². The number of phenols is 1. The molecule has 1 atom stereocenters. The van der Waals surface area contributed by atoms with E-state index < -0.39 is 5.82 Å². The highest BCUT2D eigenvalue weighted by Gasteiger charge is 2.10. The Hall–Kier alpha value is -2.07. The van der Waals surface area contributed by atoms with Gasteiger partial charge in [-0.05, 0) is 30.7 Å². The molecule has 0 saturated carbocycles. The monoisotopic (exact) mass is 275 g/mol. The minimum atomic E-state index is -0.438. The molecule has 0 amide bonds. The number of para-hydroxylation sites is 1. The van der Waals surface area contributed by atoms with Crippen molar-refractivity contribution in [1.82, 2.24) is 5.32 Å². The van der Waals surface area contributed by atoms with Gasteiger partial charge in [0.2, 0.25) is 0 Å². The number of ether oxygens (including phenoxy) is 1. The van der Waals surface area contributed by atoms with Crippen molar-refractivity contribution in [2.45, 2.75) is 19.5 Å². The molecule has 106 valence electrons. The van der Waals surface area contributed by atoms with Crippen LogP contribution in [-0.2, 0) is 6.54 Å². The van der Waals surface area contributed by atoms with Gasteiger partial charge < -0.3 is 15.2 Å². The van der Waals surface area contributed by atoms with Gasteiger partial charge in [-0.1, -0.05) is 18.2 Å². The number of methoxy groups -OCH3 is 1. The zero-order valence-corrected chi connectivity index (χ0v) is 11.6. The number of hydrogen-bond donors (Lipinski definition) is 2. The van der Waals surface area contributed by atoms with Gasteiger partial charge in [0.25, 0.3) is 0 Å². The molecule has 2 aromatic carbocycles. The number of phenolic OH excluding ortho intramolecular Hbond substituents is 1. The van der Waals surface area contributed by atoms with E-state index in [1.807, 2.05) is 31.2 Å². The van der Waals surface area contributed by atoms with Crippen LogP contribution >= 0.6 is 0 Å². The van der Waals surface area contributed by atoms with E-state index in [4.69, 9.17) is 4.74 Å². The lowest BCUT2D eigenvalue weighted by atomic mass is 10.1. The first kappa shape index (κ1) is 14.3. The maximum atomic E-state index is 13.2. The largest absolute Gasteiger partial charge is 0.508 e. The first-order valence-corrected chi connectivity index (χ1v) is 6.45. The smallest absolute Gasteiger partial charge is 0.127 e. The molecule has 0 aliphatic carbocycles. The fraction of sp³-hybridized carbons (Fsp3) is 0.250. The molecule has 0 fully saturated rings. The zero-order chi connectivity index (χ0) is 14.5. The van der Waals surface area contributed by atoms with Gasteiger partial charge in [0.1, 0.15) is 17.3 Å². The Labute approximate surface area is 118 Å². The molecule has 2 aromatic rings. The van der Waals surface area contributed by atoms with E-state index in [-0.39, 0.29) is 11.8 Å². The van der Waals surface area contributed by atoms with Gasteiger partial charge in [-0.2, -0.15) is 0 Å². The molecule has 0 spiro atoms. The SMILES string of the molecule is COc1ccccc1[C@H](C)NCc1cc(O)cc(F)c1. The van der Waals surface area contributed by atoms with Crippen LogP contribution in [0.15, 0.2) is 42.5 Å². The summed E-state index contributed by atoms with van der Waals surface area (Å²) in [5.41, 5.74) is 1.74. The summed E-state index contributed by atoms with van der Waals surface area (Å²) in [4.78, 5) is 0. The Morgan fingerprint density at radius 1 is 1.25 bits per heavy atom. The second-order valence-electron chi connectivity index (χ2n) is 4.66. The summed E-state index contributed by atoms with van der Waals surface area (Å²) in [6.07, 6.45) is 0. The Morgan fingerprint density at radius 2 is 2.00 bits per heavy atom. The molecular weight excluding hydrogens is 257 g/mol. The lowest BCUT2D eigenvalue weighted by Crippen LogP contribution is -2.18. The fourth-order valence-electron chi connectivity index (χ4n) is 2.14. The topological polar surface area (TPSA) is 41.5 Å². The molecule has 4 heteroatoms. The molecule has 0 bridgehead atoms. The highest BCUT2D eigenvalue weighted by atomic mass is 19.1. The van der Waals surface area contributed by atoms with Crippen LogP contribution in [0.1, 0.15) is 24.1 Å². The van der Waals surface area contributed by atoms with Crippen molar-refractivity contribution >= 4 is 0 Å². The molecule has 0 aliphatic rings. The third kappa shape index (κ3) is 3.48. The standard InChI is InChI=1S/C16H18FNO2/c1-11(15-5-3-4-6-16(15)20-2)18-10-12-7-13(17)9-14(19)8-12/h3-9,11,18-19H,10H2,1-2H3/t11-/m0/s1. The molecule has 0 aromatic heterocycles. The van der Waals surface area contributed by atoms with E-state index in [1.54, 1.807) is 13.2 Å². The van der Waals surface area contributed by atoms with Crippen LogP contribution in [0.5, 0.6) is 11.5 Å². The predicted molar refractivity (Wildman–Crippen MR) is 76.3 cm³/mol. The van der Waals surface area contributed by atoms with Gasteiger partial charge in [0, 0.05) is 24.2 Å². The molecule has 0 saturated heterocycles. The van der Waals surface area contributed by atoms with E-state index in [2.05, 4.69) is 5.32 Å². The average molecular weight is 275 g/mol. The van der Waals surface area contributed by atoms with E-state index in [9.17, 15) is 9.50 Å². The molecule has 0 aliphatic heterocycles. The summed E-state index contributed by atoms with van der Waals surface area (Å²) in [7, 11) is 1.64. The van der Waals surface area contributed by atoms with Gasteiger partial charge in [0.05, 0.1) is 7.11 Å². The van der Waals surface area contributed by atoms with E-state index in [0.717, 1.165) is 17.4 Å². The summed E-state index contributed by atoms with van der Waals surface area (Å²) in [5.74, 6) is 0.313. The number of rotatable bonds is 5. The normalized spacial score (nSPS) is 12.2. The summed E-state index contributed by atoms with van der Waals surface area (Å²) < 4.78 is 18.5. The van der Waals surface area contributed by atoms with Gasteiger partial charge in [-0.25, -0.2) is 4.39 Å². The zero-order valence-electron chi connectivity index (χ0n) is 11.6. The van der Waals surface area contributed by atoms with Crippen LogP contribution in [0.2, 0.25) is 0 Å². The van der Waals surface area contributed by atoms with E-state index >= 15 is 0 Å². The number of hydrogen-bond acceptors (Lipinski definition) is 3. The van der Waals surface area contributed by atoms with Gasteiger partial charge in [0.15, 0.2) is 0 Å². The van der Waals surface area contributed by atoms with Crippen molar-refractivity contribution in [1.29, 1.82) is 0 Å². The molecule has 20 heavy (non-hydrogen) atoms. The van der Waals surface area contributed by atoms with Gasteiger partial charge in [-0.15, -0.1) is 0 Å². The lowest BCUT2D eigenvalue weighted by Gasteiger charge is -2.17. The molecule has 0 heterocycles. The van der Waals surface area contributed by atoms with Crippen LogP contribution in [0.3, 0.4) is 0 Å². The summed E-state index contributed by atoms with van der Waals surface area (Å²) >= 11 is 0. The molecule has 2 N–H and O–H groups in total. The van der Waals surface area contributed by atoms with Crippen molar-refractivity contribution in [3.8, 4) is 11.5 Å². The van der Waals surface area contributed by atoms with Crippen LogP contribution in [0.4, 0.5) is 4.39 Å². The molecule has 0 radical (unpaired) electrons. The number of halogens is 1. The second-order valence-corrected chi connectivity index (χ2v) is 4.66. The number of benzene rings is 2. The Kier molecular flexibility index (Phi) is 4.58. The lowest BCUT2D eigenvalue weighted by molar-refractivity contribution is 0.401. The molecule has 0 unspecified atom stereocenters. The van der Waals surface area contributed by atoms with Crippen molar-refractivity contribution in [2.75, 3.05) is 7.11 Å². The van der Waals surface area contributed by atoms with E-state index in [0.29, 0.717) is 12.1 Å². The van der Waals surface area contributed by atoms with Crippen molar-refractivity contribution in [3.63, 3.8) is 0 Å². The van der Waals surface area contributed by atoms with Crippen LogP contribution in [0.25, 0.3) is 0 Å². The van der Waals surface area contributed by atoms with Crippen LogP contribution in [0, 0.1) is 5.82 Å². The van der Waals surface area contributed by atoms with Crippen molar-refractivity contribution in [3.05, 3.63) is 59.4 Å². The minimum Gasteiger partial charge on any atom is -0.508 e. The summed E-state index contributed by atoms with van der Waals surface area (Å²) in [5, 5.41) is 12.7. The number of nitrogens with one attached hydrogen (secondary N) is 1. The third-order valence-electron chi connectivity index (χ3n) is 3.16. The minimum absolute atomic E-state index is 0.0524. The highest BCUT2D eigenvalue weighted by molar-refractivity contribution is 5.35. The number of aromatic hydroxyl groups is 1. The maximum absolute atomic E-state index is 13.2. The summed E-state index contributed by atoms with van der Waals surface area (Å²) in [6.45, 7) is 2.47. The quantitative estimate of drug-likeness (QED) is 0.879. The summed E-state index contributed by atoms with van der Waals surface area (Å²) in [6, 6.07) is 11.8. The molecule has 3 nitrogen and oxygen atoms in total. The third-order valence-corrected chi connectivity index (χ3v) is 3.16. The van der Waals surface area contributed by atoms with Crippen LogP contribution < -0.4 is 10.1 Å². The molecule has 2 rings (SSSR count). The fourth-order valence-corrected chi connectivity index (χ4v) is 2.14. The second kappa shape index (κ2) is 6.39. The molecular formula is C16H18FNO2. The first-order chi connectivity index (χ1) is 9.60.